The molecule has 1 rings (SSSR count). The first-order valence-electron chi connectivity index (χ1n) is 6.20. The maximum absolute atomic E-state index is 13.1. The molecule has 0 saturated carbocycles. The molecule has 1 N–H and O–H groups in total. The highest BCUT2D eigenvalue weighted by Crippen LogP contribution is 2.17. The molecule has 0 aromatic heterocycles. The van der Waals surface area contributed by atoms with Crippen LogP contribution in [0.15, 0.2) is 24.3 Å². The van der Waals surface area contributed by atoms with Gasteiger partial charge in [0.2, 0.25) is 0 Å². The van der Waals surface area contributed by atoms with E-state index in [1.54, 1.807) is 12.1 Å². The van der Waals surface area contributed by atoms with Gasteiger partial charge in [-0.3, -0.25) is 0 Å². The topological polar surface area (TPSA) is 12.0 Å². The van der Waals surface area contributed by atoms with Gasteiger partial charge in [-0.25, -0.2) is 4.39 Å². The SMILES string of the molecule is C#CCCCCNC(CC)c1cccc(F)c1. The van der Waals surface area contributed by atoms with Crippen LogP contribution in [0.25, 0.3) is 0 Å². The fourth-order valence-corrected chi connectivity index (χ4v) is 1.85. The summed E-state index contributed by atoms with van der Waals surface area (Å²) in [6.07, 6.45) is 9.09. The van der Waals surface area contributed by atoms with Gasteiger partial charge >= 0.3 is 0 Å². The van der Waals surface area contributed by atoms with Gasteiger partial charge in [-0.1, -0.05) is 19.1 Å². The zero-order chi connectivity index (χ0) is 12.5. The molecule has 0 fully saturated rings. The summed E-state index contributed by atoms with van der Waals surface area (Å²) in [4.78, 5) is 0. The summed E-state index contributed by atoms with van der Waals surface area (Å²) in [6.45, 7) is 3.03. The fourth-order valence-electron chi connectivity index (χ4n) is 1.85. The molecule has 0 saturated heterocycles. The second kappa shape index (κ2) is 7.86. The highest BCUT2D eigenvalue weighted by atomic mass is 19.1. The van der Waals surface area contributed by atoms with Crippen molar-refractivity contribution < 1.29 is 4.39 Å². The first kappa shape index (κ1) is 13.7. The van der Waals surface area contributed by atoms with E-state index < -0.39 is 0 Å². The summed E-state index contributed by atoms with van der Waals surface area (Å²) in [5.74, 6) is 2.46. The van der Waals surface area contributed by atoms with Crippen LogP contribution < -0.4 is 5.32 Å². The van der Waals surface area contributed by atoms with Crippen LogP contribution in [0.5, 0.6) is 0 Å². The van der Waals surface area contributed by atoms with E-state index in [-0.39, 0.29) is 11.9 Å². The van der Waals surface area contributed by atoms with E-state index in [4.69, 9.17) is 6.42 Å². The minimum atomic E-state index is -0.171. The van der Waals surface area contributed by atoms with E-state index in [2.05, 4.69) is 18.2 Å². The molecule has 17 heavy (non-hydrogen) atoms. The van der Waals surface area contributed by atoms with Gasteiger partial charge in [0.25, 0.3) is 0 Å². The standard InChI is InChI=1S/C15H20FN/c1-3-5-6-7-11-17-15(4-2)13-9-8-10-14(16)12-13/h1,8-10,12,15,17H,4-7,11H2,2H3. The molecule has 1 aromatic carbocycles. The second-order valence-corrected chi connectivity index (χ2v) is 4.13. The number of hydrogen-bond donors (Lipinski definition) is 1. The second-order valence-electron chi connectivity index (χ2n) is 4.13. The average Bonchev–Trinajstić information content (AvgIpc) is 2.34. The Bertz CT molecular complexity index is 367. The highest BCUT2D eigenvalue weighted by Gasteiger charge is 2.08. The molecule has 0 heterocycles. The Hall–Kier alpha value is -1.33. The van der Waals surface area contributed by atoms with E-state index in [1.807, 2.05) is 6.07 Å². The normalized spacial score (nSPS) is 12.1. The molecule has 1 atom stereocenters. The fraction of sp³-hybridized carbons (Fsp3) is 0.467. The van der Waals surface area contributed by atoms with Crippen molar-refractivity contribution in [2.75, 3.05) is 6.54 Å². The summed E-state index contributed by atoms with van der Waals surface area (Å²) in [6, 6.07) is 7.03. The number of halogens is 1. The van der Waals surface area contributed by atoms with Gasteiger partial charge in [0.15, 0.2) is 0 Å². The molecule has 2 heteroatoms. The van der Waals surface area contributed by atoms with E-state index in [9.17, 15) is 4.39 Å². The Morgan fingerprint density at radius 3 is 2.88 bits per heavy atom. The zero-order valence-corrected chi connectivity index (χ0v) is 10.4. The van der Waals surface area contributed by atoms with Crippen LogP contribution in [0.1, 0.15) is 44.2 Å². The number of nitrogens with one attached hydrogen (secondary N) is 1. The minimum absolute atomic E-state index is 0.171. The third-order valence-corrected chi connectivity index (χ3v) is 2.80. The molecule has 0 aliphatic rings. The third-order valence-electron chi connectivity index (χ3n) is 2.80. The quantitative estimate of drug-likeness (QED) is 0.559. The molecule has 1 unspecified atom stereocenters. The lowest BCUT2D eigenvalue weighted by molar-refractivity contribution is 0.501. The van der Waals surface area contributed by atoms with Gasteiger partial charge in [0.05, 0.1) is 0 Å². The molecule has 0 aliphatic carbocycles. The van der Waals surface area contributed by atoms with Crippen LogP contribution in [0.3, 0.4) is 0 Å². The maximum atomic E-state index is 13.1. The molecule has 0 spiro atoms. The van der Waals surface area contributed by atoms with Gasteiger partial charge in [-0.05, 0) is 43.5 Å². The van der Waals surface area contributed by atoms with Gasteiger partial charge in [-0.15, -0.1) is 12.3 Å². The van der Waals surface area contributed by atoms with Gasteiger partial charge in [0.1, 0.15) is 5.82 Å². The summed E-state index contributed by atoms with van der Waals surface area (Å²) in [5, 5.41) is 3.44. The maximum Gasteiger partial charge on any atom is 0.123 e. The molecule has 1 aromatic rings. The van der Waals surface area contributed by atoms with Crippen molar-refractivity contribution in [3.63, 3.8) is 0 Å². The molecule has 0 amide bonds. The first-order valence-corrected chi connectivity index (χ1v) is 6.20. The highest BCUT2D eigenvalue weighted by molar-refractivity contribution is 5.19. The van der Waals surface area contributed by atoms with Crippen molar-refractivity contribution in [1.29, 1.82) is 0 Å². The smallest absolute Gasteiger partial charge is 0.123 e. The van der Waals surface area contributed by atoms with Crippen molar-refractivity contribution in [3.05, 3.63) is 35.6 Å². The number of benzene rings is 1. The Kier molecular flexibility index (Phi) is 6.35. The largest absolute Gasteiger partial charge is 0.310 e. The van der Waals surface area contributed by atoms with Crippen molar-refractivity contribution >= 4 is 0 Å². The van der Waals surface area contributed by atoms with Crippen LogP contribution in [0, 0.1) is 18.2 Å². The van der Waals surface area contributed by atoms with Crippen LogP contribution >= 0.6 is 0 Å². The average molecular weight is 233 g/mol. The Balaban J connectivity index is 2.41. The molecular weight excluding hydrogens is 213 g/mol. The molecule has 0 bridgehead atoms. The first-order chi connectivity index (χ1) is 8.27. The van der Waals surface area contributed by atoms with Gasteiger partial charge < -0.3 is 5.32 Å². The number of hydrogen-bond acceptors (Lipinski definition) is 1. The predicted molar refractivity (Wildman–Crippen MR) is 70.1 cm³/mol. The third kappa shape index (κ3) is 5.01. The van der Waals surface area contributed by atoms with Crippen LogP contribution in [-0.2, 0) is 0 Å². The minimum Gasteiger partial charge on any atom is -0.310 e. The summed E-state index contributed by atoms with van der Waals surface area (Å²) in [7, 11) is 0. The van der Waals surface area contributed by atoms with Crippen LogP contribution in [0.2, 0.25) is 0 Å². The van der Waals surface area contributed by atoms with Gasteiger partial charge in [-0.2, -0.15) is 0 Å². The monoisotopic (exact) mass is 233 g/mol. The Morgan fingerprint density at radius 1 is 1.41 bits per heavy atom. The summed E-state index contributed by atoms with van der Waals surface area (Å²) < 4.78 is 13.1. The van der Waals surface area contributed by atoms with E-state index in [0.29, 0.717) is 0 Å². The van der Waals surface area contributed by atoms with Crippen LogP contribution in [-0.4, -0.2) is 6.54 Å². The van der Waals surface area contributed by atoms with Crippen molar-refractivity contribution in [2.45, 2.75) is 38.6 Å². The van der Waals surface area contributed by atoms with Gasteiger partial charge in [0, 0.05) is 12.5 Å². The Morgan fingerprint density at radius 2 is 2.24 bits per heavy atom. The molecular formula is C15H20FN. The lowest BCUT2D eigenvalue weighted by Gasteiger charge is -2.17. The predicted octanol–water partition coefficient (Wildman–Crippen LogP) is 3.67. The lowest BCUT2D eigenvalue weighted by Crippen LogP contribution is -2.21. The summed E-state index contributed by atoms with van der Waals surface area (Å²) in [5.41, 5.74) is 1.02. The summed E-state index contributed by atoms with van der Waals surface area (Å²) >= 11 is 0. The molecule has 1 nitrogen and oxygen atoms in total. The number of rotatable bonds is 7. The molecule has 92 valence electrons. The van der Waals surface area contributed by atoms with Crippen molar-refractivity contribution in [2.24, 2.45) is 0 Å². The van der Waals surface area contributed by atoms with E-state index in [0.717, 1.165) is 37.8 Å². The van der Waals surface area contributed by atoms with Crippen molar-refractivity contribution in [1.82, 2.24) is 5.32 Å². The lowest BCUT2D eigenvalue weighted by atomic mass is 10.0. The van der Waals surface area contributed by atoms with Crippen molar-refractivity contribution in [3.8, 4) is 12.3 Å². The zero-order valence-electron chi connectivity index (χ0n) is 10.4. The number of terminal acetylenes is 1. The van der Waals surface area contributed by atoms with E-state index in [1.165, 1.54) is 6.07 Å². The molecule has 0 aliphatic heterocycles. The Labute approximate surface area is 103 Å². The number of unbranched alkanes of at least 4 members (excludes halogenated alkanes) is 2. The molecule has 0 radical (unpaired) electrons. The van der Waals surface area contributed by atoms with E-state index >= 15 is 0 Å². The van der Waals surface area contributed by atoms with Crippen LogP contribution in [0.4, 0.5) is 4.39 Å².